The fraction of sp³-hybridized carbons (Fsp3) is 0.500. The molecule has 1 aliphatic rings. The molecule has 1 aromatic heterocycles. The summed E-state index contributed by atoms with van der Waals surface area (Å²) < 4.78 is 28.9. The molecule has 0 bridgehead atoms. The Morgan fingerprint density at radius 2 is 2.09 bits per heavy atom. The summed E-state index contributed by atoms with van der Waals surface area (Å²) in [6.07, 6.45) is 3.43. The van der Waals surface area contributed by atoms with Gasteiger partial charge in [0, 0.05) is 44.1 Å². The predicted molar refractivity (Wildman–Crippen MR) is 82.9 cm³/mol. The van der Waals surface area contributed by atoms with Crippen molar-refractivity contribution < 1.29 is 13.6 Å². The Labute approximate surface area is 132 Å². The van der Waals surface area contributed by atoms with Crippen molar-refractivity contribution in [1.82, 2.24) is 14.9 Å². The Bertz CT molecular complexity index is 724. The molecule has 0 saturated heterocycles. The molecule has 1 amide bonds. The zero-order chi connectivity index (χ0) is 16.4. The molecule has 5 nitrogen and oxygen atoms in total. The van der Waals surface area contributed by atoms with Gasteiger partial charge in [0.1, 0.15) is 5.82 Å². The Morgan fingerprint density at radius 3 is 2.74 bits per heavy atom. The van der Waals surface area contributed by atoms with Crippen molar-refractivity contribution in [2.75, 3.05) is 13.1 Å². The number of hydrogen-bond acceptors (Lipinski definition) is 3. The summed E-state index contributed by atoms with van der Waals surface area (Å²) in [5, 5.41) is 2.71. The van der Waals surface area contributed by atoms with E-state index in [1.807, 2.05) is 4.57 Å². The predicted octanol–water partition coefficient (Wildman–Crippen LogP) is 2.05. The first-order chi connectivity index (χ1) is 11.1. The molecule has 0 radical (unpaired) electrons. The normalized spacial score (nSPS) is 14.9. The number of carbonyl (C=O) groups excluding carboxylic acids is 1. The number of amides is 1. The minimum atomic E-state index is -0.900. The van der Waals surface area contributed by atoms with Crippen LogP contribution in [0.25, 0.3) is 11.0 Å². The van der Waals surface area contributed by atoms with E-state index in [2.05, 4.69) is 10.3 Å². The highest BCUT2D eigenvalue weighted by Crippen LogP contribution is 2.37. The molecule has 23 heavy (non-hydrogen) atoms. The Kier molecular flexibility index (Phi) is 4.56. The zero-order valence-corrected chi connectivity index (χ0v) is 12.8. The van der Waals surface area contributed by atoms with Crippen LogP contribution in [0.1, 0.15) is 37.4 Å². The van der Waals surface area contributed by atoms with E-state index >= 15 is 0 Å². The van der Waals surface area contributed by atoms with Gasteiger partial charge in [-0.1, -0.05) is 6.42 Å². The number of imidazole rings is 1. The zero-order valence-electron chi connectivity index (χ0n) is 12.8. The van der Waals surface area contributed by atoms with Gasteiger partial charge >= 0.3 is 0 Å². The lowest BCUT2D eigenvalue weighted by Crippen LogP contribution is -2.30. The Morgan fingerprint density at radius 1 is 1.35 bits per heavy atom. The number of aromatic nitrogens is 2. The van der Waals surface area contributed by atoms with E-state index in [9.17, 15) is 13.6 Å². The molecule has 0 unspecified atom stereocenters. The molecular weight excluding hydrogens is 302 g/mol. The number of benzene rings is 1. The summed E-state index contributed by atoms with van der Waals surface area (Å²) in [7, 11) is 0. The van der Waals surface area contributed by atoms with Crippen molar-refractivity contribution in [3.63, 3.8) is 0 Å². The van der Waals surface area contributed by atoms with Crippen LogP contribution >= 0.6 is 0 Å². The number of hydrogen-bond donors (Lipinski definition) is 2. The standard InChI is InChI=1S/C16H20F2N4O/c17-11-8-13-14(9-12(11)18)22(7-4-15(23)20-6-5-19)16(21-13)10-2-1-3-10/h8-10H,1-7,19H2,(H,20,23). The van der Waals surface area contributed by atoms with Crippen LogP contribution < -0.4 is 11.1 Å². The SMILES string of the molecule is NCCNC(=O)CCn1c(C2CCC2)nc2cc(F)c(F)cc21. The maximum atomic E-state index is 13.6. The van der Waals surface area contributed by atoms with E-state index in [1.54, 1.807) is 0 Å². The maximum absolute atomic E-state index is 13.6. The van der Waals surface area contributed by atoms with E-state index in [0.29, 0.717) is 36.6 Å². The van der Waals surface area contributed by atoms with Gasteiger partial charge in [0.2, 0.25) is 5.91 Å². The number of carbonyl (C=O) groups is 1. The van der Waals surface area contributed by atoms with Crippen LogP contribution in [0.3, 0.4) is 0 Å². The highest BCUT2D eigenvalue weighted by atomic mass is 19.2. The van der Waals surface area contributed by atoms with E-state index in [0.717, 1.165) is 37.2 Å². The van der Waals surface area contributed by atoms with Gasteiger partial charge in [-0.15, -0.1) is 0 Å². The van der Waals surface area contributed by atoms with Crippen molar-refractivity contribution in [1.29, 1.82) is 0 Å². The quantitative estimate of drug-likeness (QED) is 0.855. The topological polar surface area (TPSA) is 72.9 Å². The van der Waals surface area contributed by atoms with Crippen LogP contribution in [0.5, 0.6) is 0 Å². The third-order valence-corrected chi connectivity index (χ3v) is 4.32. The number of fused-ring (bicyclic) bond motifs is 1. The molecule has 1 saturated carbocycles. The van der Waals surface area contributed by atoms with Crippen molar-refractivity contribution in [3.8, 4) is 0 Å². The van der Waals surface area contributed by atoms with Crippen LogP contribution in [0.4, 0.5) is 8.78 Å². The second-order valence-electron chi connectivity index (χ2n) is 5.89. The molecule has 3 N–H and O–H groups in total. The average Bonchev–Trinajstić information content (AvgIpc) is 2.79. The first-order valence-corrected chi connectivity index (χ1v) is 7.92. The van der Waals surface area contributed by atoms with Gasteiger partial charge in [-0.25, -0.2) is 13.8 Å². The summed E-state index contributed by atoms with van der Waals surface area (Å²) >= 11 is 0. The largest absolute Gasteiger partial charge is 0.355 e. The fourth-order valence-electron chi connectivity index (χ4n) is 2.87. The number of halogens is 2. The number of nitrogens with one attached hydrogen (secondary N) is 1. The lowest BCUT2D eigenvalue weighted by molar-refractivity contribution is -0.121. The van der Waals surface area contributed by atoms with Gasteiger partial charge in [-0.2, -0.15) is 0 Å². The lowest BCUT2D eigenvalue weighted by atomic mass is 9.85. The van der Waals surface area contributed by atoms with Crippen molar-refractivity contribution >= 4 is 16.9 Å². The summed E-state index contributed by atoms with van der Waals surface area (Å²) in [6, 6.07) is 2.29. The molecule has 1 heterocycles. The van der Waals surface area contributed by atoms with E-state index in [1.165, 1.54) is 0 Å². The fourth-order valence-corrected chi connectivity index (χ4v) is 2.87. The highest BCUT2D eigenvalue weighted by molar-refractivity contribution is 5.78. The molecule has 3 rings (SSSR count). The van der Waals surface area contributed by atoms with Gasteiger partial charge in [-0.3, -0.25) is 4.79 Å². The van der Waals surface area contributed by atoms with Crippen molar-refractivity contribution in [2.24, 2.45) is 5.73 Å². The smallest absolute Gasteiger partial charge is 0.221 e. The molecule has 1 aromatic carbocycles. The third kappa shape index (κ3) is 3.19. The van der Waals surface area contributed by atoms with Gasteiger partial charge in [-0.05, 0) is 12.8 Å². The second kappa shape index (κ2) is 6.62. The molecule has 124 valence electrons. The molecule has 1 fully saturated rings. The summed E-state index contributed by atoms with van der Waals surface area (Å²) in [5.41, 5.74) is 6.33. The highest BCUT2D eigenvalue weighted by Gasteiger charge is 2.26. The van der Waals surface area contributed by atoms with E-state index in [-0.39, 0.29) is 12.3 Å². The van der Waals surface area contributed by atoms with Gasteiger partial charge < -0.3 is 15.6 Å². The molecule has 7 heteroatoms. The minimum Gasteiger partial charge on any atom is -0.355 e. The number of nitrogens with zero attached hydrogens (tertiary/aromatic N) is 2. The molecule has 0 spiro atoms. The average molecular weight is 322 g/mol. The molecule has 1 aliphatic carbocycles. The minimum absolute atomic E-state index is 0.112. The summed E-state index contributed by atoms with van der Waals surface area (Å²) in [4.78, 5) is 16.3. The molecular formula is C16H20F2N4O. The van der Waals surface area contributed by atoms with Crippen LogP contribution in [-0.2, 0) is 11.3 Å². The van der Waals surface area contributed by atoms with Gasteiger partial charge in [0.05, 0.1) is 11.0 Å². The molecule has 0 aliphatic heterocycles. The summed E-state index contributed by atoms with van der Waals surface area (Å²) in [6.45, 7) is 1.21. The van der Waals surface area contributed by atoms with Crippen LogP contribution in [0.2, 0.25) is 0 Å². The Hall–Kier alpha value is -2.02. The van der Waals surface area contributed by atoms with E-state index < -0.39 is 11.6 Å². The monoisotopic (exact) mass is 322 g/mol. The number of rotatable bonds is 6. The van der Waals surface area contributed by atoms with Gasteiger partial charge in [0.25, 0.3) is 0 Å². The van der Waals surface area contributed by atoms with Gasteiger partial charge in [0.15, 0.2) is 11.6 Å². The third-order valence-electron chi connectivity index (χ3n) is 4.32. The van der Waals surface area contributed by atoms with Crippen molar-refractivity contribution in [3.05, 3.63) is 29.6 Å². The first kappa shape index (κ1) is 15.9. The second-order valence-corrected chi connectivity index (χ2v) is 5.89. The first-order valence-electron chi connectivity index (χ1n) is 7.92. The molecule has 0 atom stereocenters. The lowest BCUT2D eigenvalue weighted by Gasteiger charge is -2.25. The van der Waals surface area contributed by atoms with Crippen LogP contribution in [-0.4, -0.2) is 28.5 Å². The maximum Gasteiger partial charge on any atom is 0.221 e. The van der Waals surface area contributed by atoms with Crippen LogP contribution in [0.15, 0.2) is 12.1 Å². The van der Waals surface area contributed by atoms with E-state index in [4.69, 9.17) is 5.73 Å². The molecule has 2 aromatic rings. The van der Waals surface area contributed by atoms with Crippen molar-refractivity contribution in [2.45, 2.75) is 38.1 Å². The number of aryl methyl sites for hydroxylation is 1. The number of nitrogens with two attached hydrogens (primary N) is 1. The summed E-state index contributed by atoms with van der Waals surface area (Å²) in [5.74, 6) is -0.780. The Balaban J connectivity index is 1.89. The van der Waals surface area contributed by atoms with Crippen LogP contribution in [0, 0.1) is 11.6 Å².